The van der Waals surface area contributed by atoms with Crippen molar-refractivity contribution in [1.82, 2.24) is 4.98 Å². The van der Waals surface area contributed by atoms with Crippen LogP contribution in [0, 0.1) is 0 Å². The minimum absolute atomic E-state index is 0.0317. The number of hydrogen-bond acceptors (Lipinski definition) is 6. The van der Waals surface area contributed by atoms with E-state index in [0.717, 1.165) is 6.26 Å². The molecule has 1 atom stereocenters. The molecule has 0 aliphatic heterocycles. The molecule has 0 fully saturated rings. The molecule has 0 bridgehead atoms. The Hall–Kier alpha value is -1.28. The quantitative estimate of drug-likeness (QED) is 0.761. The maximum atomic E-state index is 10.9. The van der Waals surface area contributed by atoms with Gasteiger partial charge in [-0.05, 0) is 6.42 Å². The van der Waals surface area contributed by atoms with Crippen LogP contribution in [-0.4, -0.2) is 48.7 Å². The highest BCUT2D eigenvalue weighted by atomic mass is 32.2. The molecule has 0 amide bonds. The first-order valence-electron chi connectivity index (χ1n) is 4.71. The van der Waals surface area contributed by atoms with Crippen LogP contribution >= 0.6 is 11.3 Å². The van der Waals surface area contributed by atoms with Crippen LogP contribution in [0.15, 0.2) is 16.6 Å². The number of carbonyl (C=O) groups is 1. The second-order valence-electron chi connectivity index (χ2n) is 3.42. The van der Waals surface area contributed by atoms with Crippen molar-refractivity contribution in [2.75, 3.05) is 12.0 Å². The minimum Gasteiger partial charge on any atom is -0.480 e. The molecule has 0 saturated heterocycles. The summed E-state index contributed by atoms with van der Waals surface area (Å²) in [5, 5.41) is 11.2. The molecule has 0 aliphatic rings. The van der Waals surface area contributed by atoms with Gasteiger partial charge in [0.15, 0.2) is 0 Å². The molecule has 1 N–H and O–H groups in total. The zero-order valence-electron chi connectivity index (χ0n) is 9.11. The molecule has 0 saturated carbocycles. The van der Waals surface area contributed by atoms with Crippen LogP contribution in [-0.2, 0) is 14.6 Å². The van der Waals surface area contributed by atoms with Gasteiger partial charge in [0.25, 0.3) is 0 Å². The van der Waals surface area contributed by atoms with Gasteiger partial charge in [-0.3, -0.25) is 4.99 Å². The lowest BCUT2D eigenvalue weighted by atomic mass is 10.2. The topological polar surface area (TPSA) is 96.7 Å². The van der Waals surface area contributed by atoms with Gasteiger partial charge in [0.2, 0.25) is 0 Å². The van der Waals surface area contributed by atoms with Crippen LogP contribution in [0.3, 0.4) is 0 Å². The van der Waals surface area contributed by atoms with Crippen molar-refractivity contribution in [2.45, 2.75) is 12.5 Å². The number of nitrogens with zero attached hydrogens (tertiary/aromatic N) is 2. The third kappa shape index (κ3) is 5.55. The van der Waals surface area contributed by atoms with E-state index < -0.39 is 21.8 Å². The molecule has 6 nitrogen and oxygen atoms in total. The fraction of sp³-hybridized carbons (Fsp3) is 0.444. The van der Waals surface area contributed by atoms with Crippen LogP contribution in [0.5, 0.6) is 0 Å². The summed E-state index contributed by atoms with van der Waals surface area (Å²) in [5.41, 5.74) is 0. The lowest BCUT2D eigenvalue weighted by molar-refractivity contribution is -0.138. The standard InChI is InChI=1S/C9H12N2O4S2/c1-17(14,15)5-2-7(9(12)13)11-6-8-10-3-4-16-8/h3-4,6-7H,2,5H2,1H3,(H,12,13)/b11-6+. The molecular weight excluding hydrogens is 264 g/mol. The molecule has 1 aromatic heterocycles. The van der Waals surface area contributed by atoms with Crippen molar-refractivity contribution in [3.63, 3.8) is 0 Å². The number of thiazole rings is 1. The van der Waals surface area contributed by atoms with E-state index in [2.05, 4.69) is 9.98 Å². The number of rotatable bonds is 6. The molecule has 1 heterocycles. The summed E-state index contributed by atoms with van der Waals surface area (Å²) in [6.07, 6.45) is 3.97. The molecule has 1 aromatic rings. The Kier molecular flexibility index (Phi) is 4.76. The van der Waals surface area contributed by atoms with Gasteiger partial charge in [-0.1, -0.05) is 0 Å². The molecule has 0 aliphatic carbocycles. The summed E-state index contributed by atoms with van der Waals surface area (Å²) in [4.78, 5) is 18.6. The molecule has 0 spiro atoms. The molecule has 8 heteroatoms. The van der Waals surface area contributed by atoms with Crippen molar-refractivity contribution < 1.29 is 18.3 Å². The lowest BCUT2D eigenvalue weighted by Gasteiger charge is -2.05. The Morgan fingerprint density at radius 3 is 2.88 bits per heavy atom. The van der Waals surface area contributed by atoms with E-state index in [0.29, 0.717) is 5.01 Å². The minimum atomic E-state index is -3.18. The molecule has 0 aromatic carbocycles. The van der Waals surface area contributed by atoms with Crippen molar-refractivity contribution in [2.24, 2.45) is 4.99 Å². The average Bonchev–Trinajstić information content (AvgIpc) is 2.68. The zero-order chi connectivity index (χ0) is 12.9. The molecule has 1 unspecified atom stereocenters. The van der Waals surface area contributed by atoms with Crippen molar-refractivity contribution in [1.29, 1.82) is 0 Å². The van der Waals surface area contributed by atoms with E-state index >= 15 is 0 Å². The summed E-state index contributed by atoms with van der Waals surface area (Å²) >= 11 is 1.33. The summed E-state index contributed by atoms with van der Waals surface area (Å²) < 4.78 is 21.9. The highest BCUT2D eigenvalue weighted by molar-refractivity contribution is 7.90. The van der Waals surface area contributed by atoms with E-state index in [1.165, 1.54) is 17.6 Å². The molecule has 0 radical (unpaired) electrons. The summed E-state index contributed by atoms with van der Waals surface area (Å²) in [7, 11) is -3.18. The first kappa shape index (κ1) is 13.8. The summed E-state index contributed by atoms with van der Waals surface area (Å²) in [6.45, 7) is 0. The fourth-order valence-corrected chi connectivity index (χ4v) is 2.20. The van der Waals surface area contributed by atoms with Crippen LogP contribution in [0.4, 0.5) is 0 Å². The van der Waals surface area contributed by atoms with E-state index in [-0.39, 0.29) is 12.2 Å². The Labute approximate surface area is 103 Å². The number of carboxylic acids is 1. The summed E-state index contributed by atoms with van der Waals surface area (Å²) in [5.74, 6) is -1.33. The van der Waals surface area contributed by atoms with Gasteiger partial charge in [-0.15, -0.1) is 11.3 Å². The van der Waals surface area contributed by atoms with Gasteiger partial charge in [-0.25, -0.2) is 18.2 Å². The second kappa shape index (κ2) is 5.87. The van der Waals surface area contributed by atoms with Crippen LogP contribution < -0.4 is 0 Å². The van der Waals surface area contributed by atoms with E-state index in [9.17, 15) is 13.2 Å². The zero-order valence-corrected chi connectivity index (χ0v) is 10.7. The second-order valence-corrected chi connectivity index (χ2v) is 6.61. The Balaban J connectivity index is 2.64. The monoisotopic (exact) mass is 276 g/mol. The molecular formula is C9H12N2O4S2. The first-order chi connectivity index (χ1) is 7.88. The summed E-state index contributed by atoms with van der Waals surface area (Å²) in [6, 6.07) is -1.05. The van der Waals surface area contributed by atoms with Gasteiger partial charge in [-0.2, -0.15) is 0 Å². The predicted molar refractivity (Wildman–Crippen MR) is 65.5 cm³/mol. The van der Waals surface area contributed by atoms with E-state index in [1.54, 1.807) is 11.6 Å². The highest BCUT2D eigenvalue weighted by Crippen LogP contribution is 2.04. The Morgan fingerprint density at radius 1 is 1.71 bits per heavy atom. The highest BCUT2D eigenvalue weighted by Gasteiger charge is 2.17. The first-order valence-corrected chi connectivity index (χ1v) is 7.66. The molecule has 17 heavy (non-hydrogen) atoms. The maximum Gasteiger partial charge on any atom is 0.328 e. The number of aliphatic imine (C=N–C) groups is 1. The Morgan fingerprint density at radius 2 is 2.41 bits per heavy atom. The van der Waals surface area contributed by atoms with E-state index in [4.69, 9.17) is 5.11 Å². The maximum absolute atomic E-state index is 10.9. The molecule has 1 rings (SSSR count). The lowest BCUT2D eigenvalue weighted by Crippen LogP contribution is -2.21. The SMILES string of the molecule is CS(=O)(=O)CCC(/N=C/c1nccs1)C(=O)O. The number of sulfone groups is 1. The smallest absolute Gasteiger partial charge is 0.328 e. The number of carboxylic acid groups (broad SMARTS) is 1. The number of aliphatic carboxylic acids is 1. The largest absolute Gasteiger partial charge is 0.480 e. The number of aromatic nitrogens is 1. The third-order valence-corrected chi connectivity index (χ3v) is 3.55. The van der Waals surface area contributed by atoms with Crippen LogP contribution in [0.2, 0.25) is 0 Å². The Bertz CT molecular complexity index is 493. The van der Waals surface area contributed by atoms with Crippen molar-refractivity contribution in [3.05, 3.63) is 16.6 Å². The van der Waals surface area contributed by atoms with Crippen LogP contribution in [0.25, 0.3) is 0 Å². The van der Waals surface area contributed by atoms with Crippen LogP contribution in [0.1, 0.15) is 11.4 Å². The van der Waals surface area contributed by atoms with Crippen molar-refractivity contribution >= 4 is 33.4 Å². The van der Waals surface area contributed by atoms with Crippen molar-refractivity contribution in [3.8, 4) is 0 Å². The van der Waals surface area contributed by atoms with Gasteiger partial charge in [0.05, 0.1) is 12.0 Å². The van der Waals surface area contributed by atoms with Gasteiger partial charge in [0.1, 0.15) is 20.9 Å². The predicted octanol–water partition coefficient (Wildman–Crippen LogP) is 0.450. The van der Waals surface area contributed by atoms with Gasteiger partial charge < -0.3 is 5.11 Å². The van der Waals surface area contributed by atoms with Gasteiger partial charge >= 0.3 is 5.97 Å². The fourth-order valence-electron chi connectivity index (χ4n) is 1.04. The molecule has 94 valence electrons. The third-order valence-electron chi connectivity index (χ3n) is 1.86. The average molecular weight is 276 g/mol. The van der Waals surface area contributed by atoms with E-state index in [1.807, 2.05) is 0 Å². The normalized spacial score (nSPS) is 13.9. The van der Waals surface area contributed by atoms with Gasteiger partial charge in [0, 0.05) is 17.8 Å². The number of hydrogen-bond donors (Lipinski definition) is 1.